The molecule has 0 aliphatic carbocycles. The number of thiol groups is 1. The Morgan fingerprint density at radius 2 is 0.967 bits per heavy atom. The second-order valence-corrected chi connectivity index (χ2v) is 6.93. The first-order chi connectivity index (χ1) is 13.9. The molecule has 3 aromatic rings. The van der Waals surface area contributed by atoms with E-state index in [4.69, 9.17) is 4.74 Å². The highest BCUT2D eigenvalue weighted by Crippen LogP contribution is 2.56. The van der Waals surface area contributed by atoms with Crippen LogP contribution in [0.4, 0.5) is 26.3 Å². The standard InChI is InChI=1S/C21H14F6O2S/c22-20(23,24)19(21(25,26)27,13-1-5-15(28)6-2-13)14-3-7-16(8-4-14)29-17-9-11-18(30)12-10-17/h1-12,28,30H. The van der Waals surface area contributed by atoms with E-state index >= 15 is 0 Å². The summed E-state index contributed by atoms with van der Waals surface area (Å²) in [6.45, 7) is 0. The molecule has 0 fully saturated rings. The Morgan fingerprint density at radius 1 is 0.600 bits per heavy atom. The molecule has 0 atom stereocenters. The zero-order chi connectivity index (χ0) is 22.2. The van der Waals surface area contributed by atoms with E-state index in [0.29, 0.717) is 22.8 Å². The lowest BCUT2D eigenvalue weighted by Crippen LogP contribution is -2.54. The SMILES string of the molecule is Oc1ccc(C(c2ccc(Oc3ccc(S)cc3)cc2)(C(F)(F)F)C(F)(F)F)cc1. The van der Waals surface area contributed by atoms with Gasteiger partial charge in [0.25, 0.3) is 0 Å². The molecule has 1 N–H and O–H groups in total. The number of phenols is 1. The molecule has 0 radical (unpaired) electrons. The van der Waals surface area contributed by atoms with Crippen molar-refractivity contribution in [1.29, 1.82) is 0 Å². The van der Waals surface area contributed by atoms with Crippen molar-refractivity contribution in [3.05, 3.63) is 83.9 Å². The van der Waals surface area contributed by atoms with Gasteiger partial charge in [-0.15, -0.1) is 12.6 Å². The summed E-state index contributed by atoms with van der Waals surface area (Å²) in [5.74, 6) is -0.0420. The molecular weight excluding hydrogens is 430 g/mol. The number of phenolic OH excluding ortho intramolecular Hbond substituents is 1. The number of alkyl halides is 6. The van der Waals surface area contributed by atoms with Gasteiger partial charge in [-0.05, 0) is 59.7 Å². The lowest BCUT2D eigenvalue weighted by molar-refractivity contribution is -0.288. The zero-order valence-electron chi connectivity index (χ0n) is 15.0. The van der Waals surface area contributed by atoms with Crippen LogP contribution < -0.4 is 4.74 Å². The molecule has 3 rings (SSSR count). The summed E-state index contributed by atoms with van der Waals surface area (Å²) in [5.41, 5.74) is -6.36. The second kappa shape index (κ2) is 7.79. The van der Waals surface area contributed by atoms with Gasteiger partial charge >= 0.3 is 12.4 Å². The molecule has 0 aliphatic rings. The Balaban J connectivity index is 2.10. The Hall–Kier alpha value is -2.81. The van der Waals surface area contributed by atoms with Gasteiger partial charge in [0, 0.05) is 4.90 Å². The molecule has 0 unspecified atom stereocenters. The molecule has 0 saturated carbocycles. The summed E-state index contributed by atoms with van der Waals surface area (Å²) >= 11 is 4.11. The van der Waals surface area contributed by atoms with Crippen molar-refractivity contribution in [1.82, 2.24) is 0 Å². The summed E-state index contributed by atoms with van der Waals surface area (Å²) in [4.78, 5) is 0.659. The van der Waals surface area contributed by atoms with Crippen molar-refractivity contribution in [2.24, 2.45) is 0 Å². The number of benzene rings is 3. The molecule has 0 bridgehead atoms. The molecule has 0 aliphatic heterocycles. The lowest BCUT2D eigenvalue weighted by atomic mass is 9.73. The van der Waals surface area contributed by atoms with E-state index in [2.05, 4.69) is 12.6 Å². The molecule has 0 aromatic heterocycles. The van der Waals surface area contributed by atoms with Gasteiger partial charge < -0.3 is 9.84 Å². The molecule has 0 heterocycles. The molecule has 3 aromatic carbocycles. The van der Waals surface area contributed by atoms with E-state index < -0.39 is 34.6 Å². The summed E-state index contributed by atoms with van der Waals surface area (Å²) < 4.78 is 89.5. The Bertz CT molecular complexity index is 980. The summed E-state index contributed by atoms with van der Waals surface area (Å²) in [6.07, 6.45) is -11.4. The van der Waals surface area contributed by atoms with Crippen LogP contribution in [0.3, 0.4) is 0 Å². The minimum atomic E-state index is -5.70. The third-order valence-corrected chi connectivity index (χ3v) is 4.81. The van der Waals surface area contributed by atoms with Crippen molar-refractivity contribution < 1.29 is 36.2 Å². The molecule has 30 heavy (non-hydrogen) atoms. The minimum absolute atomic E-state index is 0.0645. The maximum absolute atomic E-state index is 14.0. The molecule has 158 valence electrons. The van der Waals surface area contributed by atoms with Crippen LogP contribution in [0.15, 0.2) is 77.7 Å². The quantitative estimate of drug-likeness (QED) is 0.339. The van der Waals surface area contributed by atoms with E-state index in [9.17, 15) is 31.4 Å². The topological polar surface area (TPSA) is 29.5 Å². The Morgan fingerprint density at radius 3 is 1.37 bits per heavy atom. The first-order valence-corrected chi connectivity index (χ1v) is 8.90. The van der Waals surface area contributed by atoms with Crippen LogP contribution in [0.1, 0.15) is 11.1 Å². The van der Waals surface area contributed by atoms with Gasteiger partial charge in [0.15, 0.2) is 0 Å². The number of rotatable bonds is 4. The molecule has 2 nitrogen and oxygen atoms in total. The van der Waals surface area contributed by atoms with E-state index in [-0.39, 0.29) is 5.75 Å². The fourth-order valence-corrected chi connectivity index (χ4v) is 3.27. The Kier molecular flexibility index (Phi) is 5.68. The number of hydrogen-bond acceptors (Lipinski definition) is 3. The summed E-state index contributed by atoms with van der Waals surface area (Å²) in [5, 5.41) is 9.31. The summed E-state index contributed by atoms with van der Waals surface area (Å²) in [6, 6.07) is 12.7. The molecule has 0 amide bonds. The highest BCUT2D eigenvalue weighted by Gasteiger charge is 2.72. The molecule has 0 saturated heterocycles. The third kappa shape index (κ3) is 3.94. The zero-order valence-corrected chi connectivity index (χ0v) is 15.9. The van der Waals surface area contributed by atoms with Crippen molar-refractivity contribution in [3.63, 3.8) is 0 Å². The van der Waals surface area contributed by atoms with Crippen molar-refractivity contribution in [2.75, 3.05) is 0 Å². The van der Waals surface area contributed by atoms with E-state index in [0.717, 1.165) is 36.4 Å². The third-order valence-electron chi connectivity index (χ3n) is 4.51. The number of hydrogen-bond donors (Lipinski definition) is 2. The van der Waals surface area contributed by atoms with Crippen LogP contribution in [0, 0.1) is 0 Å². The maximum Gasteiger partial charge on any atom is 0.411 e. The van der Waals surface area contributed by atoms with Crippen molar-refractivity contribution in [2.45, 2.75) is 22.7 Å². The van der Waals surface area contributed by atoms with Gasteiger partial charge in [-0.3, -0.25) is 0 Å². The fourth-order valence-electron chi connectivity index (χ4n) is 3.12. The van der Waals surface area contributed by atoms with Crippen LogP contribution in [-0.2, 0) is 5.41 Å². The van der Waals surface area contributed by atoms with Crippen LogP contribution >= 0.6 is 12.6 Å². The molecular formula is C21H14F6O2S. The maximum atomic E-state index is 14.0. The van der Waals surface area contributed by atoms with Crippen LogP contribution in [0.5, 0.6) is 17.2 Å². The number of halogens is 6. The van der Waals surface area contributed by atoms with E-state index in [1.165, 1.54) is 0 Å². The molecule has 9 heteroatoms. The predicted molar refractivity (Wildman–Crippen MR) is 101 cm³/mol. The van der Waals surface area contributed by atoms with Crippen LogP contribution in [0.25, 0.3) is 0 Å². The van der Waals surface area contributed by atoms with Gasteiger partial charge in [-0.2, -0.15) is 26.3 Å². The molecule has 0 spiro atoms. The average Bonchev–Trinajstić information content (AvgIpc) is 2.65. The van der Waals surface area contributed by atoms with Gasteiger partial charge in [-0.25, -0.2) is 0 Å². The first-order valence-electron chi connectivity index (χ1n) is 8.45. The van der Waals surface area contributed by atoms with Crippen LogP contribution in [0.2, 0.25) is 0 Å². The van der Waals surface area contributed by atoms with Crippen LogP contribution in [-0.4, -0.2) is 17.5 Å². The smallest absolute Gasteiger partial charge is 0.411 e. The predicted octanol–water partition coefficient (Wildman–Crippen LogP) is 6.88. The number of aromatic hydroxyl groups is 1. The first kappa shape index (κ1) is 21.9. The van der Waals surface area contributed by atoms with Crippen molar-refractivity contribution in [3.8, 4) is 17.2 Å². The van der Waals surface area contributed by atoms with E-state index in [1.54, 1.807) is 24.3 Å². The monoisotopic (exact) mass is 444 g/mol. The van der Waals surface area contributed by atoms with Gasteiger partial charge in [0.2, 0.25) is 5.41 Å². The minimum Gasteiger partial charge on any atom is -0.508 e. The highest BCUT2D eigenvalue weighted by atomic mass is 32.1. The summed E-state index contributed by atoms with van der Waals surface area (Å²) in [7, 11) is 0. The van der Waals surface area contributed by atoms with Crippen molar-refractivity contribution >= 4 is 12.6 Å². The highest BCUT2D eigenvalue weighted by molar-refractivity contribution is 7.80. The largest absolute Gasteiger partial charge is 0.508 e. The second-order valence-electron chi connectivity index (χ2n) is 6.41. The van der Waals surface area contributed by atoms with Gasteiger partial charge in [0.05, 0.1) is 0 Å². The average molecular weight is 444 g/mol. The fraction of sp³-hybridized carbons (Fsp3) is 0.143. The Labute approximate surface area is 173 Å². The van der Waals surface area contributed by atoms with Gasteiger partial charge in [-0.1, -0.05) is 24.3 Å². The van der Waals surface area contributed by atoms with Gasteiger partial charge in [0.1, 0.15) is 17.2 Å². The van der Waals surface area contributed by atoms with E-state index in [1.807, 2.05) is 0 Å². The lowest BCUT2D eigenvalue weighted by Gasteiger charge is -2.38. The number of ether oxygens (including phenoxy) is 1. The normalized spacial score (nSPS) is 12.6.